The van der Waals surface area contributed by atoms with E-state index in [1.165, 1.54) is 24.8 Å². The third kappa shape index (κ3) is 1.69. The zero-order chi connectivity index (χ0) is 13.4. The Kier molecular flexibility index (Phi) is 2.74. The molecule has 0 aliphatic carbocycles. The van der Waals surface area contributed by atoms with Crippen LogP contribution in [0.2, 0.25) is 0 Å². The molecule has 0 radical (unpaired) electrons. The number of pyridine rings is 1. The van der Waals surface area contributed by atoms with E-state index >= 15 is 0 Å². The number of nitrogens with zero attached hydrogens (tertiary/aromatic N) is 3. The Bertz CT molecular complexity index is 705. The van der Waals surface area contributed by atoms with E-state index in [2.05, 4.69) is 9.97 Å². The van der Waals surface area contributed by atoms with Crippen LogP contribution < -0.4 is 10.3 Å². The highest BCUT2D eigenvalue weighted by Gasteiger charge is 2.17. The third-order valence-corrected chi connectivity index (χ3v) is 2.57. The van der Waals surface area contributed by atoms with Crippen LogP contribution in [-0.4, -0.2) is 32.7 Å². The summed E-state index contributed by atoms with van der Waals surface area (Å²) in [6.45, 7) is 1.66. The van der Waals surface area contributed by atoms with Gasteiger partial charge in [0.1, 0.15) is 17.0 Å². The molecule has 2 aromatic heterocycles. The summed E-state index contributed by atoms with van der Waals surface area (Å²) in [5.74, 6) is -0.604. The summed E-state index contributed by atoms with van der Waals surface area (Å²) in [5, 5.41) is 9.36. The zero-order valence-corrected chi connectivity index (χ0v) is 10.1. The second-order valence-corrected chi connectivity index (χ2v) is 3.74. The van der Waals surface area contributed by atoms with Gasteiger partial charge in [-0.15, -0.1) is 0 Å². The Labute approximate surface area is 102 Å². The molecular weight excluding hydrogens is 238 g/mol. The van der Waals surface area contributed by atoms with Crippen molar-refractivity contribution >= 4 is 17.0 Å². The molecule has 0 aliphatic rings. The lowest BCUT2D eigenvalue weighted by Gasteiger charge is -2.09. The van der Waals surface area contributed by atoms with Crippen molar-refractivity contribution in [2.45, 2.75) is 6.92 Å². The summed E-state index contributed by atoms with van der Waals surface area (Å²) in [6.07, 6.45) is 0. The van der Waals surface area contributed by atoms with Crippen LogP contribution in [0.3, 0.4) is 0 Å². The number of aromatic carboxylic acids is 1. The fourth-order valence-corrected chi connectivity index (χ4v) is 1.72. The highest BCUT2D eigenvalue weighted by Crippen LogP contribution is 2.21. The van der Waals surface area contributed by atoms with Crippen molar-refractivity contribution in [3.63, 3.8) is 0 Å². The monoisotopic (exact) mass is 249 g/mol. The normalized spacial score (nSPS) is 10.6. The van der Waals surface area contributed by atoms with Gasteiger partial charge in [0.2, 0.25) is 5.88 Å². The van der Waals surface area contributed by atoms with Crippen molar-refractivity contribution in [1.82, 2.24) is 14.5 Å². The number of aromatic nitrogens is 3. The number of carboxylic acids is 1. The van der Waals surface area contributed by atoms with Crippen LogP contribution in [-0.2, 0) is 7.05 Å². The topological polar surface area (TPSA) is 94.3 Å². The van der Waals surface area contributed by atoms with Crippen LogP contribution in [0.25, 0.3) is 11.0 Å². The smallest absolute Gasteiger partial charge is 0.341 e. The second-order valence-electron chi connectivity index (χ2n) is 3.74. The van der Waals surface area contributed by atoms with E-state index in [1.54, 1.807) is 6.92 Å². The predicted molar refractivity (Wildman–Crippen MR) is 63.0 cm³/mol. The summed E-state index contributed by atoms with van der Waals surface area (Å²) < 4.78 is 6.26. The molecule has 0 bridgehead atoms. The minimum atomic E-state index is -1.29. The average molecular weight is 249 g/mol. The van der Waals surface area contributed by atoms with Crippen LogP contribution in [0.1, 0.15) is 16.2 Å². The zero-order valence-electron chi connectivity index (χ0n) is 10.1. The van der Waals surface area contributed by atoms with Gasteiger partial charge >= 0.3 is 5.97 Å². The number of carboxylic acid groups (broad SMARTS) is 1. The van der Waals surface area contributed by atoms with E-state index < -0.39 is 11.5 Å². The molecule has 0 saturated carbocycles. The molecule has 0 atom stereocenters. The number of hydrogen-bond donors (Lipinski definition) is 1. The van der Waals surface area contributed by atoms with Gasteiger partial charge in [0.05, 0.1) is 12.5 Å². The van der Waals surface area contributed by atoms with Gasteiger partial charge in [-0.3, -0.25) is 9.36 Å². The number of rotatable bonds is 2. The highest BCUT2D eigenvalue weighted by molar-refractivity contribution is 5.93. The molecule has 2 rings (SSSR count). The summed E-state index contributed by atoms with van der Waals surface area (Å²) in [7, 11) is 2.88. The van der Waals surface area contributed by atoms with Gasteiger partial charge in [0, 0.05) is 7.05 Å². The first-order chi connectivity index (χ1) is 8.45. The molecular formula is C11H11N3O4. The maximum absolute atomic E-state index is 11.8. The van der Waals surface area contributed by atoms with E-state index in [1.807, 2.05) is 0 Å². The number of aryl methyl sites for hydroxylation is 2. The fraction of sp³-hybridized carbons (Fsp3) is 0.273. The Balaban J connectivity index is 2.99. The number of ether oxygens (including phenoxy) is 1. The lowest BCUT2D eigenvalue weighted by Crippen LogP contribution is -2.25. The van der Waals surface area contributed by atoms with Crippen LogP contribution in [0.15, 0.2) is 10.9 Å². The predicted octanol–water partition coefficient (Wildman–Crippen LogP) is 0.344. The first kappa shape index (κ1) is 12.0. The van der Waals surface area contributed by atoms with Crippen molar-refractivity contribution in [2.75, 3.05) is 7.11 Å². The van der Waals surface area contributed by atoms with Gasteiger partial charge in [-0.25, -0.2) is 9.78 Å². The van der Waals surface area contributed by atoms with Gasteiger partial charge in [-0.05, 0) is 13.0 Å². The Hall–Kier alpha value is -2.44. The third-order valence-electron chi connectivity index (χ3n) is 2.57. The molecule has 0 fully saturated rings. The summed E-state index contributed by atoms with van der Waals surface area (Å²) in [6, 6.07) is 1.23. The van der Waals surface area contributed by atoms with Crippen LogP contribution in [0.5, 0.6) is 5.88 Å². The van der Waals surface area contributed by atoms with Crippen LogP contribution >= 0.6 is 0 Å². The molecule has 0 aliphatic heterocycles. The quantitative estimate of drug-likeness (QED) is 0.824. The van der Waals surface area contributed by atoms with Gasteiger partial charge in [0.25, 0.3) is 5.56 Å². The Morgan fingerprint density at radius 2 is 2.11 bits per heavy atom. The minimum absolute atomic E-state index is 0.246. The molecule has 18 heavy (non-hydrogen) atoms. The molecule has 0 aromatic carbocycles. The molecule has 2 heterocycles. The molecule has 0 spiro atoms. The number of fused-ring (bicyclic) bond motifs is 1. The van der Waals surface area contributed by atoms with E-state index in [-0.39, 0.29) is 11.4 Å². The van der Waals surface area contributed by atoms with Gasteiger partial charge in [-0.1, -0.05) is 0 Å². The minimum Gasteiger partial charge on any atom is -0.480 e. The van der Waals surface area contributed by atoms with Crippen LogP contribution in [0, 0.1) is 6.92 Å². The molecule has 0 unspecified atom stereocenters. The lowest BCUT2D eigenvalue weighted by molar-refractivity contribution is 0.0694. The fourth-order valence-electron chi connectivity index (χ4n) is 1.72. The van der Waals surface area contributed by atoms with Crippen molar-refractivity contribution in [3.8, 4) is 5.88 Å². The molecule has 1 N–H and O–H groups in total. The maximum Gasteiger partial charge on any atom is 0.341 e. The standard InChI is InChI=1S/C11H11N3O4/c1-5-12-8-6(9(13-5)18-3)4-7(11(16)17)10(15)14(8)2/h4H,1-3H3,(H,16,17). The Morgan fingerprint density at radius 1 is 1.44 bits per heavy atom. The van der Waals surface area contributed by atoms with E-state index in [0.29, 0.717) is 16.9 Å². The van der Waals surface area contributed by atoms with Crippen molar-refractivity contribution in [3.05, 3.63) is 27.8 Å². The van der Waals surface area contributed by atoms with E-state index in [0.717, 1.165) is 0 Å². The number of hydrogen-bond acceptors (Lipinski definition) is 5. The highest BCUT2D eigenvalue weighted by atomic mass is 16.5. The first-order valence-electron chi connectivity index (χ1n) is 5.11. The van der Waals surface area contributed by atoms with E-state index in [9.17, 15) is 9.59 Å². The molecule has 0 amide bonds. The van der Waals surface area contributed by atoms with Gasteiger partial charge in [-0.2, -0.15) is 4.98 Å². The van der Waals surface area contributed by atoms with Crippen molar-refractivity contribution < 1.29 is 14.6 Å². The SMILES string of the molecule is COc1nc(C)nc2c1cc(C(=O)O)c(=O)n2C. The maximum atomic E-state index is 11.8. The van der Waals surface area contributed by atoms with Gasteiger partial charge < -0.3 is 9.84 Å². The summed E-state index contributed by atoms with van der Waals surface area (Å²) in [4.78, 5) is 31.0. The molecule has 2 aromatic rings. The first-order valence-corrected chi connectivity index (χ1v) is 5.11. The number of methoxy groups -OCH3 is 1. The molecule has 0 saturated heterocycles. The molecule has 7 heteroatoms. The lowest BCUT2D eigenvalue weighted by atomic mass is 10.2. The summed E-state index contributed by atoms with van der Waals surface area (Å²) in [5.41, 5.74) is -0.611. The largest absolute Gasteiger partial charge is 0.480 e. The average Bonchev–Trinajstić information content (AvgIpc) is 2.32. The molecule has 7 nitrogen and oxygen atoms in total. The number of carbonyl (C=O) groups is 1. The summed E-state index contributed by atoms with van der Waals surface area (Å²) >= 11 is 0. The van der Waals surface area contributed by atoms with E-state index in [4.69, 9.17) is 9.84 Å². The second kappa shape index (κ2) is 4.10. The Morgan fingerprint density at radius 3 is 2.67 bits per heavy atom. The van der Waals surface area contributed by atoms with Crippen molar-refractivity contribution in [1.29, 1.82) is 0 Å². The van der Waals surface area contributed by atoms with Crippen LogP contribution in [0.4, 0.5) is 0 Å². The van der Waals surface area contributed by atoms with Gasteiger partial charge in [0.15, 0.2) is 0 Å². The van der Waals surface area contributed by atoms with Crippen molar-refractivity contribution in [2.24, 2.45) is 7.05 Å². The molecule has 94 valence electrons.